The van der Waals surface area contributed by atoms with E-state index in [9.17, 15) is 4.79 Å². The van der Waals surface area contributed by atoms with Gasteiger partial charge >= 0.3 is 5.97 Å². The molecular weight excluding hydrogens is 164 g/mol. The van der Waals surface area contributed by atoms with Crippen LogP contribution in [0.2, 0.25) is 0 Å². The molecule has 2 heteroatoms. The summed E-state index contributed by atoms with van der Waals surface area (Å²) >= 11 is 0. The molecule has 0 bridgehead atoms. The van der Waals surface area contributed by atoms with E-state index in [1.807, 2.05) is 6.08 Å². The second-order valence-corrected chi connectivity index (χ2v) is 4.01. The summed E-state index contributed by atoms with van der Waals surface area (Å²) < 4.78 is 0. The number of carboxylic acid groups (broad SMARTS) is 1. The molecular formula is C11H20O2. The van der Waals surface area contributed by atoms with E-state index in [1.165, 1.54) is 12.8 Å². The Kier molecular flexibility index (Phi) is 5.44. The van der Waals surface area contributed by atoms with Gasteiger partial charge in [-0.1, -0.05) is 31.9 Å². The van der Waals surface area contributed by atoms with Gasteiger partial charge in [-0.05, 0) is 26.7 Å². The summed E-state index contributed by atoms with van der Waals surface area (Å²) in [5, 5.41) is 8.81. The van der Waals surface area contributed by atoms with Crippen LogP contribution in [0.3, 0.4) is 0 Å². The molecule has 0 saturated heterocycles. The fourth-order valence-corrected chi connectivity index (χ4v) is 0.905. The highest BCUT2D eigenvalue weighted by Gasteiger charge is 2.24. The van der Waals surface area contributed by atoms with Gasteiger partial charge in [-0.15, -0.1) is 0 Å². The molecule has 0 atom stereocenters. The van der Waals surface area contributed by atoms with E-state index >= 15 is 0 Å². The van der Waals surface area contributed by atoms with Gasteiger partial charge in [0.15, 0.2) is 0 Å². The molecule has 0 rings (SSSR count). The standard InChI is InChI=1S/C11H20O2/c1-4-5-6-7-8-9-11(2,3)10(12)13/h7-8H,4-6,9H2,1-3H3,(H,12,13)/b8-7+. The zero-order valence-corrected chi connectivity index (χ0v) is 8.84. The Labute approximate surface area is 80.7 Å². The lowest BCUT2D eigenvalue weighted by Gasteiger charge is -2.15. The highest BCUT2D eigenvalue weighted by Crippen LogP contribution is 2.20. The van der Waals surface area contributed by atoms with Crippen LogP contribution in [-0.4, -0.2) is 11.1 Å². The molecule has 0 saturated carbocycles. The van der Waals surface area contributed by atoms with Crippen molar-refractivity contribution in [3.05, 3.63) is 12.2 Å². The Bertz CT molecular complexity index is 181. The van der Waals surface area contributed by atoms with Crippen LogP contribution in [0.4, 0.5) is 0 Å². The Morgan fingerprint density at radius 3 is 2.46 bits per heavy atom. The molecule has 2 nitrogen and oxygen atoms in total. The number of rotatable bonds is 6. The van der Waals surface area contributed by atoms with E-state index in [0.29, 0.717) is 6.42 Å². The maximum absolute atomic E-state index is 10.7. The molecule has 0 heterocycles. The largest absolute Gasteiger partial charge is 0.481 e. The molecule has 1 N–H and O–H groups in total. The van der Waals surface area contributed by atoms with Crippen LogP contribution in [0.15, 0.2) is 12.2 Å². The maximum Gasteiger partial charge on any atom is 0.309 e. The van der Waals surface area contributed by atoms with Crippen molar-refractivity contribution in [3.63, 3.8) is 0 Å². The van der Waals surface area contributed by atoms with Gasteiger partial charge in [0.05, 0.1) is 5.41 Å². The van der Waals surface area contributed by atoms with Gasteiger partial charge in [-0.25, -0.2) is 0 Å². The number of hydrogen-bond acceptors (Lipinski definition) is 1. The molecule has 0 aromatic heterocycles. The van der Waals surface area contributed by atoms with Crippen molar-refractivity contribution >= 4 is 5.97 Å². The summed E-state index contributed by atoms with van der Waals surface area (Å²) in [6, 6.07) is 0. The van der Waals surface area contributed by atoms with Crippen LogP contribution in [-0.2, 0) is 4.79 Å². The average Bonchev–Trinajstić information content (AvgIpc) is 2.03. The lowest BCUT2D eigenvalue weighted by Crippen LogP contribution is -2.22. The van der Waals surface area contributed by atoms with Gasteiger partial charge in [-0.2, -0.15) is 0 Å². The van der Waals surface area contributed by atoms with Crippen molar-refractivity contribution in [3.8, 4) is 0 Å². The Morgan fingerprint density at radius 1 is 1.38 bits per heavy atom. The average molecular weight is 184 g/mol. The summed E-state index contributed by atoms with van der Waals surface area (Å²) in [7, 11) is 0. The van der Waals surface area contributed by atoms with E-state index in [4.69, 9.17) is 5.11 Å². The fourth-order valence-electron chi connectivity index (χ4n) is 0.905. The summed E-state index contributed by atoms with van der Waals surface area (Å²) in [4.78, 5) is 10.7. The summed E-state index contributed by atoms with van der Waals surface area (Å²) in [6.07, 6.45) is 8.10. The maximum atomic E-state index is 10.7. The molecule has 0 aliphatic heterocycles. The zero-order valence-electron chi connectivity index (χ0n) is 8.84. The van der Waals surface area contributed by atoms with Crippen molar-refractivity contribution in [2.24, 2.45) is 5.41 Å². The molecule has 0 aromatic carbocycles. The number of aliphatic carboxylic acids is 1. The topological polar surface area (TPSA) is 37.3 Å². The van der Waals surface area contributed by atoms with Gasteiger partial charge in [0.1, 0.15) is 0 Å². The van der Waals surface area contributed by atoms with Gasteiger partial charge in [-0.3, -0.25) is 4.79 Å². The van der Waals surface area contributed by atoms with Gasteiger partial charge in [0.2, 0.25) is 0 Å². The van der Waals surface area contributed by atoms with E-state index in [1.54, 1.807) is 13.8 Å². The molecule has 0 amide bonds. The molecule has 0 aliphatic carbocycles. The monoisotopic (exact) mass is 184 g/mol. The first-order valence-electron chi connectivity index (χ1n) is 4.89. The van der Waals surface area contributed by atoms with Crippen LogP contribution >= 0.6 is 0 Å². The summed E-state index contributed by atoms with van der Waals surface area (Å²) in [5.41, 5.74) is -0.622. The lowest BCUT2D eigenvalue weighted by atomic mass is 9.89. The van der Waals surface area contributed by atoms with E-state index in [2.05, 4.69) is 13.0 Å². The normalized spacial score (nSPS) is 12.2. The molecule has 76 valence electrons. The highest BCUT2D eigenvalue weighted by atomic mass is 16.4. The summed E-state index contributed by atoms with van der Waals surface area (Å²) in [5.74, 6) is -0.729. The minimum Gasteiger partial charge on any atom is -0.481 e. The van der Waals surface area contributed by atoms with E-state index in [-0.39, 0.29) is 0 Å². The van der Waals surface area contributed by atoms with Crippen LogP contribution in [0.25, 0.3) is 0 Å². The third-order valence-electron chi connectivity index (χ3n) is 2.10. The molecule has 0 fully saturated rings. The molecule has 0 aliphatic rings. The highest BCUT2D eigenvalue weighted by molar-refractivity contribution is 5.73. The molecule has 0 radical (unpaired) electrons. The van der Waals surface area contributed by atoms with Gasteiger partial charge in [0, 0.05) is 0 Å². The molecule has 13 heavy (non-hydrogen) atoms. The van der Waals surface area contributed by atoms with Crippen molar-refractivity contribution in [1.82, 2.24) is 0 Å². The Balaban J connectivity index is 3.74. The number of hydrogen-bond donors (Lipinski definition) is 1. The number of carbonyl (C=O) groups is 1. The number of carboxylic acids is 1. The third kappa shape index (κ3) is 5.45. The zero-order chi connectivity index (χ0) is 10.3. The van der Waals surface area contributed by atoms with Crippen LogP contribution < -0.4 is 0 Å². The van der Waals surface area contributed by atoms with E-state index in [0.717, 1.165) is 6.42 Å². The second-order valence-electron chi connectivity index (χ2n) is 4.01. The predicted molar refractivity (Wildman–Crippen MR) is 54.7 cm³/mol. The van der Waals surface area contributed by atoms with Crippen LogP contribution in [0.1, 0.15) is 46.5 Å². The minimum absolute atomic E-state index is 0.617. The third-order valence-corrected chi connectivity index (χ3v) is 2.10. The Hall–Kier alpha value is -0.790. The first kappa shape index (κ1) is 12.2. The Morgan fingerprint density at radius 2 is 2.00 bits per heavy atom. The lowest BCUT2D eigenvalue weighted by molar-refractivity contribution is -0.146. The minimum atomic E-state index is -0.729. The molecule has 0 spiro atoms. The van der Waals surface area contributed by atoms with Crippen molar-refractivity contribution in [2.75, 3.05) is 0 Å². The van der Waals surface area contributed by atoms with Gasteiger partial charge < -0.3 is 5.11 Å². The molecule has 0 unspecified atom stereocenters. The summed E-state index contributed by atoms with van der Waals surface area (Å²) in [6.45, 7) is 5.65. The van der Waals surface area contributed by atoms with E-state index < -0.39 is 11.4 Å². The smallest absolute Gasteiger partial charge is 0.309 e. The first-order chi connectivity index (χ1) is 6.00. The SMILES string of the molecule is CCCC/C=C/CC(C)(C)C(=O)O. The second kappa shape index (κ2) is 5.79. The van der Waals surface area contributed by atoms with Gasteiger partial charge in [0.25, 0.3) is 0 Å². The van der Waals surface area contributed by atoms with Crippen LogP contribution in [0, 0.1) is 5.41 Å². The van der Waals surface area contributed by atoms with Crippen molar-refractivity contribution < 1.29 is 9.90 Å². The van der Waals surface area contributed by atoms with Crippen LogP contribution in [0.5, 0.6) is 0 Å². The molecule has 0 aromatic rings. The first-order valence-corrected chi connectivity index (χ1v) is 4.89. The van der Waals surface area contributed by atoms with Crippen molar-refractivity contribution in [1.29, 1.82) is 0 Å². The van der Waals surface area contributed by atoms with Crippen molar-refractivity contribution in [2.45, 2.75) is 46.5 Å². The number of allylic oxidation sites excluding steroid dienone is 2. The fraction of sp³-hybridized carbons (Fsp3) is 0.727. The quantitative estimate of drug-likeness (QED) is 0.508. The predicted octanol–water partition coefficient (Wildman–Crippen LogP) is 3.23. The number of unbranched alkanes of at least 4 members (excludes halogenated alkanes) is 2.